The number of ether oxygens (including phenoxy) is 2. The van der Waals surface area contributed by atoms with E-state index in [1.54, 1.807) is 18.2 Å². The Labute approximate surface area is 190 Å². The lowest BCUT2D eigenvalue weighted by molar-refractivity contribution is -0.275. The zero-order chi connectivity index (χ0) is 22.4. The smallest absolute Gasteiger partial charge is 0.405 e. The van der Waals surface area contributed by atoms with Gasteiger partial charge in [0, 0.05) is 19.6 Å². The van der Waals surface area contributed by atoms with Gasteiger partial charge in [-0.3, -0.25) is 4.90 Å². The number of rotatable bonds is 7. The van der Waals surface area contributed by atoms with E-state index in [0.29, 0.717) is 18.0 Å². The summed E-state index contributed by atoms with van der Waals surface area (Å²) in [5, 5.41) is -0.187. The first-order chi connectivity index (χ1) is 15.5. The third-order valence-corrected chi connectivity index (χ3v) is 6.64. The van der Waals surface area contributed by atoms with Gasteiger partial charge in [0.1, 0.15) is 5.75 Å². The zero-order valence-electron chi connectivity index (χ0n) is 17.4. The van der Waals surface area contributed by atoms with Gasteiger partial charge in [-0.15, -0.1) is 24.9 Å². The van der Waals surface area contributed by atoms with Crippen LogP contribution in [0.1, 0.15) is 16.4 Å². The van der Waals surface area contributed by atoms with E-state index in [1.165, 1.54) is 23.4 Å². The average Bonchev–Trinajstić information content (AvgIpc) is 2.79. The Kier molecular flexibility index (Phi) is 7.40. The Hall–Kier alpha value is -2.48. The number of halogens is 3. The maximum Gasteiger partial charge on any atom is 0.573 e. The Bertz CT molecular complexity index is 985. The van der Waals surface area contributed by atoms with Crippen LogP contribution in [0.25, 0.3) is 0 Å². The standard InChI is InChI=1S/C25H24F3NO2S/c26-25(27,28)31-21-13-7-8-14-23(21)32-24(20-11-5-2-6-12-20)22-18-29(15-16-30-22)17-19-9-3-1-4-10-19/h1-14,22,24H,15-18H2/t22?,24-/m0/s1. The highest BCUT2D eigenvalue weighted by Gasteiger charge is 2.34. The molecule has 1 saturated heterocycles. The third kappa shape index (κ3) is 6.28. The molecule has 0 aromatic heterocycles. The first-order valence-corrected chi connectivity index (χ1v) is 11.3. The lowest BCUT2D eigenvalue weighted by Crippen LogP contribution is -2.44. The summed E-state index contributed by atoms with van der Waals surface area (Å²) in [5.41, 5.74) is 2.23. The van der Waals surface area contributed by atoms with E-state index in [1.807, 2.05) is 48.5 Å². The van der Waals surface area contributed by atoms with Crippen LogP contribution in [0.2, 0.25) is 0 Å². The monoisotopic (exact) mass is 459 g/mol. The molecule has 1 heterocycles. The number of alkyl halides is 3. The summed E-state index contributed by atoms with van der Waals surface area (Å²) in [5.74, 6) is -0.192. The van der Waals surface area contributed by atoms with Crippen LogP contribution in [-0.2, 0) is 11.3 Å². The fraction of sp³-hybridized carbons (Fsp3) is 0.280. The molecule has 0 spiro atoms. The molecule has 168 valence electrons. The highest BCUT2D eigenvalue weighted by atomic mass is 32.2. The molecular formula is C25H24F3NO2S. The Morgan fingerprint density at radius 3 is 2.31 bits per heavy atom. The minimum absolute atomic E-state index is 0.182. The predicted molar refractivity (Wildman–Crippen MR) is 120 cm³/mol. The number of hydrogen-bond donors (Lipinski definition) is 0. The minimum Gasteiger partial charge on any atom is -0.405 e. The van der Waals surface area contributed by atoms with Gasteiger partial charge in [-0.05, 0) is 23.3 Å². The number of morpholine rings is 1. The molecule has 1 unspecified atom stereocenters. The quantitative estimate of drug-likeness (QED) is 0.386. The summed E-state index contributed by atoms with van der Waals surface area (Å²) < 4.78 is 49.2. The molecule has 3 aromatic rings. The van der Waals surface area contributed by atoms with E-state index in [4.69, 9.17) is 4.74 Å². The highest BCUT2D eigenvalue weighted by Crippen LogP contribution is 2.44. The fourth-order valence-electron chi connectivity index (χ4n) is 3.79. The second-order valence-electron chi connectivity index (χ2n) is 7.57. The molecule has 0 amide bonds. The van der Waals surface area contributed by atoms with Crippen LogP contribution in [0, 0.1) is 0 Å². The molecule has 7 heteroatoms. The molecule has 0 saturated carbocycles. The maximum atomic E-state index is 12.9. The van der Waals surface area contributed by atoms with Crippen molar-refractivity contribution < 1.29 is 22.6 Å². The van der Waals surface area contributed by atoms with Gasteiger partial charge in [0.05, 0.1) is 22.9 Å². The van der Waals surface area contributed by atoms with E-state index in [2.05, 4.69) is 21.8 Å². The second-order valence-corrected chi connectivity index (χ2v) is 8.76. The van der Waals surface area contributed by atoms with Crippen molar-refractivity contribution in [2.45, 2.75) is 29.2 Å². The molecule has 2 atom stereocenters. The van der Waals surface area contributed by atoms with Crippen molar-refractivity contribution in [2.24, 2.45) is 0 Å². The first-order valence-electron chi connectivity index (χ1n) is 10.4. The molecule has 0 radical (unpaired) electrons. The van der Waals surface area contributed by atoms with E-state index in [-0.39, 0.29) is 17.1 Å². The number of nitrogens with zero attached hydrogens (tertiary/aromatic N) is 1. The normalized spacial score (nSPS) is 18.3. The Morgan fingerprint density at radius 2 is 1.59 bits per heavy atom. The van der Waals surface area contributed by atoms with Gasteiger partial charge in [-0.1, -0.05) is 72.8 Å². The molecule has 3 nitrogen and oxygen atoms in total. The molecule has 32 heavy (non-hydrogen) atoms. The molecule has 0 aliphatic carbocycles. The van der Waals surface area contributed by atoms with E-state index in [9.17, 15) is 13.2 Å². The molecule has 1 fully saturated rings. The van der Waals surface area contributed by atoms with Gasteiger partial charge in [0.25, 0.3) is 0 Å². The van der Waals surface area contributed by atoms with Crippen LogP contribution in [0.3, 0.4) is 0 Å². The SMILES string of the molecule is FC(F)(F)Oc1ccccc1S[C@@H](c1ccccc1)C1CN(Cc2ccccc2)CCO1. The molecule has 4 rings (SSSR count). The fourth-order valence-corrected chi connectivity index (χ4v) is 5.06. The van der Waals surface area contributed by atoms with Gasteiger partial charge in [-0.25, -0.2) is 0 Å². The number of para-hydroxylation sites is 1. The van der Waals surface area contributed by atoms with Crippen LogP contribution in [0.15, 0.2) is 89.8 Å². The van der Waals surface area contributed by atoms with E-state index >= 15 is 0 Å². The largest absolute Gasteiger partial charge is 0.573 e. The summed E-state index contributed by atoms with van der Waals surface area (Å²) in [6, 6.07) is 26.3. The van der Waals surface area contributed by atoms with Gasteiger partial charge in [0.2, 0.25) is 0 Å². The highest BCUT2D eigenvalue weighted by molar-refractivity contribution is 7.99. The van der Waals surface area contributed by atoms with Crippen LogP contribution in [0.4, 0.5) is 13.2 Å². The van der Waals surface area contributed by atoms with Crippen molar-refractivity contribution in [1.82, 2.24) is 4.90 Å². The van der Waals surface area contributed by atoms with Gasteiger partial charge >= 0.3 is 6.36 Å². The summed E-state index contributed by atoms with van der Waals surface area (Å²) in [4.78, 5) is 2.76. The molecule has 0 N–H and O–H groups in total. The number of benzene rings is 3. The Balaban J connectivity index is 1.57. The minimum atomic E-state index is -4.74. The second kappa shape index (κ2) is 10.4. The molecule has 0 bridgehead atoms. The van der Waals surface area contributed by atoms with Gasteiger partial charge in [-0.2, -0.15) is 0 Å². The lowest BCUT2D eigenvalue weighted by Gasteiger charge is -2.37. The van der Waals surface area contributed by atoms with Crippen molar-refractivity contribution in [2.75, 3.05) is 19.7 Å². The Morgan fingerprint density at radius 1 is 0.938 bits per heavy atom. The summed E-state index contributed by atoms with van der Waals surface area (Å²) in [6.45, 7) is 2.87. The zero-order valence-corrected chi connectivity index (χ0v) is 18.2. The molecule has 1 aliphatic heterocycles. The average molecular weight is 460 g/mol. The van der Waals surface area contributed by atoms with Crippen molar-refractivity contribution in [1.29, 1.82) is 0 Å². The number of thioether (sulfide) groups is 1. The number of hydrogen-bond acceptors (Lipinski definition) is 4. The van der Waals surface area contributed by atoms with Crippen molar-refractivity contribution in [3.8, 4) is 5.75 Å². The van der Waals surface area contributed by atoms with Crippen LogP contribution >= 0.6 is 11.8 Å². The van der Waals surface area contributed by atoms with Gasteiger partial charge in [0.15, 0.2) is 0 Å². The van der Waals surface area contributed by atoms with Crippen LogP contribution in [-0.4, -0.2) is 37.1 Å². The van der Waals surface area contributed by atoms with Crippen LogP contribution in [0.5, 0.6) is 5.75 Å². The van der Waals surface area contributed by atoms with E-state index in [0.717, 1.165) is 18.7 Å². The molecule has 1 aliphatic rings. The molecular weight excluding hydrogens is 435 g/mol. The summed E-state index contributed by atoms with van der Waals surface area (Å²) in [6.07, 6.45) is -4.92. The maximum absolute atomic E-state index is 12.9. The first kappa shape index (κ1) is 22.7. The predicted octanol–water partition coefficient (Wildman–Crippen LogP) is 6.32. The summed E-state index contributed by atoms with van der Waals surface area (Å²) in [7, 11) is 0. The van der Waals surface area contributed by atoms with Crippen molar-refractivity contribution in [3.63, 3.8) is 0 Å². The third-order valence-electron chi connectivity index (χ3n) is 5.22. The topological polar surface area (TPSA) is 21.7 Å². The van der Waals surface area contributed by atoms with Gasteiger partial charge < -0.3 is 9.47 Å². The van der Waals surface area contributed by atoms with Crippen molar-refractivity contribution >= 4 is 11.8 Å². The lowest BCUT2D eigenvalue weighted by atomic mass is 10.1. The molecule has 3 aromatic carbocycles. The van der Waals surface area contributed by atoms with Crippen molar-refractivity contribution in [3.05, 3.63) is 96.1 Å². The summed E-state index contributed by atoms with van der Waals surface area (Å²) >= 11 is 1.35. The van der Waals surface area contributed by atoms with Crippen LogP contribution < -0.4 is 4.74 Å². The van der Waals surface area contributed by atoms with E-state index < -0.39 is 6.36 Å².